The molecule has 6 rings (SSSR count). The molecular weight excluding hydrogens is 434 g/mol. The van der Waals surface area contributed by atoms with Gasteiger partial charge in [0.05, 0.1) is 24.6 Å². The first-order chi connectivity index (χ1) is 16.7. The summed E-state index contributed by atoms with van der Waals surface area (Å²) >= 11 is 0. The van der Waals surface area contributed by atoms with Crippen LogP contribution in [0.2, 0.25) is 0 Å². The number of fused-ring (bicyclic) bond motifs is 2. The van der Waals surface area contributed by atoms with Gasteiger partial charge >= 0.3 is 0 Å². The smallest absolute Gasteiger partial charge is 0.256 e. The number of nitrogens with zero attached hydrogens (tertiary/aromatic N) is 4. The second-order valence-corrected chi connectivity index (χ2v) is 8.49. The molecule has 5 heterocycles. The first-order valence-electron chi connectivity index (χ1n) is 11.6. The van der Waals surface area contributed by atoms with E-state index >= 15 is 0 Å². The van der Waals surface area contributed by atoms with E-state index in [9.17, 15) is 4.79 Å². The molecule has 2 aliphatic rings. The number of carbonyl (C=O) groups is 1. The number of aromatic nitrogens is 5. The van der Waals surface area contributed by atoms with Gasteiger partial charge in [-0.05, 0) is 37.8 Å². The molecule has 178 valence electrons. The van der Waals surface area contributed by atoms with E-state index in [1.807, 2.05) is 31.4 Å². The van der Waals surface area contributed by atoms with Gasteiger partial charge in [0.2, 0.25) is 0 Å². The van der Waals surface area contributed by atoms with Crippen molar-refractivity contribution in [2.24, 2.45) is 0 Å². The van der Waals surface area contributed by atoms with Crippen molar-refractivity contribution in [1.82, 2.24) is 29.9 Å². The van der Waals surface area contributed by atoms with Crippen LogP contribution in [0.1, 0.15) is 36.0 Å². The highest BCUT2D eigenvalue weighted by molar-refractivity contribution is 6.01. The van der Waals surface area contributed by atoms with Crippen molar-refractivity contribution in [2.75, 3.05) is 32.7 Å². The number of hydrogen-bond acceptors (Lipinski definition) is 7. The van der Waals surface area contributed by atoms with Gasteiger partial charge in [0, 0.05) is 56.2 Å². The van der Waals surface area contributed by atoms with Crippen molar-refractivity contribution in [3.63, 3.8) is 0 Å². The maximum absolute atomic E-state index is 12.7. The summed E-state index contributed by atoms with van der Waals surface area (Å²) in [4.78, 5) is 25.0. The third kappa shape index (κ3) is 4.34. The molecule has 4 aromatic heterocycles. The Morgan fingerprint density at radius 3 is 2.88 bits per heavy atom. The number of H-pyrrole nitrogens is 1. The lowest BCUT2D eigenvalue weighted by Crippen LogP contribution is -2.39. The second kappa shape index (κ2) is 9.78. The predicted molar refractivity (Wildman–Crippen MR) is 129 cm³/mol. The van der Waals surface area contributed by atoms with Crippen LogP contribution in [0.3, 0.4) is 0 Å². The Balaban J connectivity index is 0.000000297. The maximum Gasteiger partial charge on any atom is 0.256 e. The molecule has 4 aromatic rings. The molecule has 10 heteroatoms. The summed E-state index contributed by atoms with van der Waals surface area (Å²) in [6.45, 7) is 1.66. The summed E-state index contributed by atoms with van der Waals surface area (Å²) in [5, 5.41) is 11.5. The van der Waals surface area contributed by atoms with E-state index in [1.165, 1.54) is 6.42 Å². The standard InChI is InChI=1S/C19H19N7O.C5H10O2/c1-20-16-8-15(13-9-22-17-12(13)6-3-7-21-17)25-18-14(10-23-26(16)18)19(27)24-11-4-2-5-11;1-6-5-2-3-7-4-5/h3,6-11,20H,2,4-5H2,1H3,(H,21,22)(H,24,27);5H,2-4H2,1H3. The largest absolute Gasteiger partial charge is 0.379 e. The lowest BCUT2D eigenvalue weighted by atomic mass is 9.93. The Hall–Kier alpha value is -3.50. The fourth-order valence-corrected chi connectivity index (χ4v) is 4.12. The SMILES string of the molecule is CNc1cc(-c2c[nH]c3ncccc23)nc2c(C(=O)NC3CCC3)cnn12.COC1CCOC1. The van der Waals surface area contributed by atoms with E-state index in [2.05, 4.69) is 25.7 Å². The average molecular weight is 464 g/mol. The lowest BCUT2D eigenvalue weighted by molar-refractivity contribution is 0.0822. The minimum absolute atomic E-state index is 0.123. The van der Waals surface area contributed by atoms with Gasteiger partial charge in [0.15, 0.2) is 5.65 Å². The zero-order valence-corrected chi connectivity index (χ0v) is 19.4. The number of hydrogen-bond donors (Lipinski definition) is 3. The van der Waals surface area contributed by atoms with Crippen molar-refractivity contribution >= 4 is 28.4 Å². The molecule has 10 nitrogen and oxygen atoms in total. The quantitative estimate of drug-likeness (QED) is 0.416. The first kappa shape index (κ1) is 22.3. The molecule has 1 aliphatic carbocycles. The van der Waals surface area contributed by atoms with Crippen molar-refractivity contribution in [3.05, 3.63) is 42.4 Å². The monoisotopic (exact) mass is 463 g/mol. The van der Waals surface area contributed by atoms with E-state index in [4.69, 9.17) is 14.5 Å². The molecule has 0 bridgehead atoms. The summed E-state index contributed by atoms with van der Waals surface area (Å²) in [5.41, 5.74) is 3.51. The Morgan fingerprint density at radius 1 is 1.32 bits per heavy atom. The van der Waals surface area contributed by atoms with Crippen molar-refractivity contribution < 1.29 is 14.3 Å². The van der Waals surface area contributed by atoms with Gasteiger partial charge in [-0.15, -0.1) is 0 Å². The fraction of sp³-hybridized carbons (Fsp3) is 0.417. The van der Waals surface area contributed by atoms with E-state index in [-0.39, 0.29) is 11.9 Å². The molecule has 0 radical (unpaired) electrons. The number of amides is 1. The van der Waals surface area contributed by atoms with E-state index < -0.39 is 0 Å². The van der Waals surface area contributed by atoms with Crippen LogP contribution in [0, 0.1) is 0 Å². The predicted octanol–water partition coefficient (Wildman–Crippen LogP) is 3.02. The summed E-state index contributed by atoms with van der Waals surface area (Å²) in [7, 11) is 3.55. The van der Waals surface area contributed by atoms with Crippen LogP contribution in [0.4, 0.5) is 5.82 Å². The minimum Gasteiger partial charge on any atom is -0.379 e. The number of nitrogens with one attached hydrogen (secondary N) is 3. The number of rotatable bonds is 5. The van der Waals surface area contributed by atoms with Crippen LogP contribution in [0.25, 0.3) is 27.9 Å². The molecule has 2 fully saturated rings. The average Bonchev–Trinajstić information content (AvgIpc) is 3.60. The van der Waals surface area contributed by atoms with E-state index in [0.29, 0.717) is 17.3 Å². The normalized spacial score (nSPS) is 17.9. The minimum atomic E-state index is -0.123. The zero-order valence-electron chi connectivity index (χ0n) is 19.4. The van der Waals surface area contributed by atoms with Crippen molar-refractivity contribution in [2.45, 2.75) is 37.8 Å². The molecule has 34 heavy (non-hydrogen) atoms. The topological polar surface area (TPSA) is 118 Å². The molecule has 1 saturated carbocycles. The number of carbonyl (C=O) groups excluding carboxylic acids is 1. The van der Waals surface area contributed by atoms with Gasteiger partial charge in [-0.3, -0.25) is 4.79 Å². The highest BCUT2D eigenvalue weighted by Crippen LogP contribution is 2.29. The molecule has 1 saturated heterocycles. The summed E-state index contributed by atoms with van der Waals surface area (Å²) in [6, 6.07) is 6.08. The maximum atomic E-state index is 12.7. The molecular formula is C24H29N7O3. The Morgan fingerprint density at radius 2 is 2.21 bits per heavy atom. The number of methoxy groups -OCH3 is 1. The van der Waals surface area contributed by atoms with Crippen LogP contribution in [-0.2, 0) is 9.47 Å². The number of pyridine rings is 1. The van der Waals surface area contributed by atoms with Gasteiger partial charge in [0.1, 0.15) is 17.0 Å². The number of anilines is 1. The molecule has 1 atom stereocenters. The van der Waals surface area contributed by atoms with Crippen LogP contribution in [0.5, 0.6) is 0 Å². The Bertz CT molecular complexity index is 1290. The summed E-state index contributed by atoms with van der Waals surface area (Å²) in [5.74, 6) is 0.637. The first-order valence-corrected chi connectivity index (χ1v) is 11.6. The van der Waals surface area contributed by atoms with E-state index in [1.54, 1.807) is 24.0 Å². The van der Waals surface area contributed by atoms with Crippen LogP contribution < -0.4 is 10.6 Å². The second-order valence-electron chi connectivity index (χ2n) is 8.49. The van der Waals surface area contributed by atoms with Crippen molar-refractivity contribution in [1.29, 1.82) is 0 Å². The van der Waals surface area contributed by atoms with Gasteiger partial charge < -0.3 is 25.1 Å². The van der Waals surface area contributed by atoms with Crippen LogP contribution in [0.15, 0.2) is 36.8 Å². The number of ether oxygens (including phenoxy) is 2. The zero-order chi connectivity index (χ0) is 23.5. The van der Waals surface area contributed by atoms with Gasteiger partial charge in [-0.2, -0.15) is 9.61 Å². The third-order valence-corrected chi connectivity index (χ3v) is 6.36. The summed E-state index contributed by atoms with van der Waals surface area (Å²) in [6.07, 6.45) is 9.90. The Kier molecular flexibility index (Phi) is 6.41. The molecule has 0 spiro atoms. The van der Waals surface area contributed by atoms with Crippen LogP contribution in [-0.4, -0.2) is 70.0 Å². The third-order valence-electron chi connectivity index (χ3n) is 6.36. The lowest BCUT2D eigenvalue weighted by Gasteiger charge is -2.26. The molecule has 3 N–H and O–H groups in total. The van der Waals surface area contributed by atoms with Gasteiger partial charge in [0.25, 0.3) is 5.91 Å². The highest BCUT2D eigenvalue weighted by atomic mass is 16.5. The van der Waals surface area contributed by atoms with E-state index in [0.717, 1.165) is 60.6 Å². The van der Waals surface area contributed by atoms with Crippen LogP contribution >= 0.6 is 0 Å². The summed E-state index contributed by atoms with van der Waals surface area (Å²) < 4.78 is 11.7. The number of aromatic amines is 1. The molecule has 1 unspecified atom stereocenters. The molecule has 0 aromatic carbocycles. The van der Waals surface area contributed by atoms with Gasteiger partial charge in [-0.25, -0.2) is 9.97 Å². The Labute approximate surface area is 197 Å². The molecule has 1 amide bonds. The highest BCUT2D eigenvalue weighted by Gasteiger charge is 2.23. The van der Waals surface area contributed by atoms with Crippen molar-refractivity contribution in [3.8, 4) is 11.3 Å². The van der Waals surface area contributed by atoms with Gasteiger partial charge in [-0.1, -0.05) is 0 Å². The molecule has 1 aliphatic heterocycles. The fourth-order valence-electron chi connectivity index (χ4n) is 4.12.